The van der Waals surface area contributed by atoms with Crippen LogP contribution in [0.15, 0.2) is 30.3 Å². The summed E-state index contributed by atoms with van der Waals surface area (Å²) in [5, 5.41) is 0. The molecule has 4 nitrogen and oxygen atoms in total. The van der Waals surface area contributed by atoms with Gasteiger partial charge in [-0.1, -0.05) is 18.6 Å². The zero-order chi connectivity index (χ0) is 20.5. The van der Waals surface area contributed by atoms with Crippen LogP contribution in [0, 0.1) is 37.4 Å². The van der Waals surface area contributed by atoms with E-state index in [-0.39, 0.29) is 24.2 Å². The molecule has 0 radical (unpaired) electrons. The normalized spacial score (nSPS) is 22.8. The number of hydrogen-bond acceptors (Lipinski definition) is 3. The Kier molecular flexibility index (Phi) is 5.57. The number of aryl methyl sites for hydroxylation is 1. The molecule has 5 heteroatoms. The third kappa shape index (κ3) is 4.29. The van der Waals surface area contributed by atoms with Crippen LogP contribution in [-0.4, -0.2) is 22.9 Å². The number of ketones is 1. The van der Waals surface area contributed by atoms with Gasteiger partial charge in [-0.05, 0) is 74.6 Å². The number of rotatable bonds is 7. The highest BCUT2D eigenvalue weighted by atomic mass is 19.1. The standard InChI is InChI=1S/C24H28FNO3/c1-15-9-22(16(2)26(15)13-17-4-7-21(25)8-5-17)23(27)14-29-24(28)12-20-11-18-3-6-19(20)10-18/h4-5,7-9,18-20H,3,6,10-14H2,1-2H3/t18-,19+,20-/m0/s1. The Bertz CT molecular complexity index is 915. The molecule has 0 N–H and O–H groups in total. The van der Waals surface area contributed by atoms with Crippen molar-refractivity contribution in [1.29, 1.82) is 0 Å². The fourth-order valence-corrected chi connectivity index (χ4v) is 5.22. The zero-order valence-corrected chi connectivity index (χ0v) is 17.1. The molecule has 4 rings (SSSR count). The summed E-state index contributed by atoms with van der Waals surface area (Å²) in [5.41, 5.74) is 3.33. The first kappa shape index (κ1) is 19.9. The maximum absolute atomic E-state index is 13.1. The van der Waals surface area contributed by atoms with Crippen LogP contribution in [0.3, 0.4) is 0 Å². The first-order valence-electron chi connectivity index (χ1n) is 10.5. The van der Waals surface area contributed by atoms with Crippen molar-refractivity contribution in [3.63, 3.8) is 0 Å². The minimum absolute atomic E-state index is 0.176. The molecule has 2 aromatic rings. The van der Waals surface area contributed by atoms with Crippen molar-refractivity contribution < 1.29 is 18.7 Å². The lowest BCUT2D eigenvalue weighted by Crippen LogP contribution is -2.20. The quantitative estimate of drug-likeness (QED) is 0.496. The predicted molar refractivity (Wildman–Crippen MR) is 108 cm³/mol. The summed E-state index contributed by atoms with van der Waals surface area (Å²) in [6, 6.07) is 8.20. The van der Waals surface area contributed by atoms with Crippen LogP contribution >= 0.6 is 0 Å². The molecule has 2 aliphatic rings. The summed E-state index contributed by atoms with van der Waals surface area (Å²) in [4.78, 5) is 24.9. The largest absolute Gasteiger partial charge is 0.457 e. The van der Waals surface area contributed by atoms with E-state index >= 15 is 0 Å². The van der Waals surface area contributed by atoms with Gasteiger partial charge in [-0.3, -0.25) is 9.59 Å². The molecule has 0 spiro atoms. The van der Waals surface area contributed by atoms with Gasteiger partial charge in [0, 0.05) is 29.9 Å². The lowest BCUT2D eigenvalue weighted by Gasteiger charge is -2.20. The van der Waals surface area contributed by atoms with Gasteiger partial charge < -0.3 is 9.30 Å². The van der Waals surface area contributed by atoms with Crippen molar-refractivity contribution in [1.82, 2.24) is 4.57 Å². The minimum atomic E-state index is -0.266. The van der Waals surface area contributed by atoms with Crippen molar-refractivity contribution >= 4 is 11.8 Å². The molecular weight excluding hydrogens is 369 g/mol. The van der Waals surface area contributed by atoms with Crippen LogP contribution in [0.1, 0.15) is 59.4 Å². The summed E-state index contributed by atoms with van der Waals surface area (Å²) in [5.74, 6) is 1.22. The number of carbonyl (C=O) groups excluding carboxylic acids is 2. The van der Waals surface area contributed by atoms with E-state index < -0.39 is 0 Å². The van der Waals surface area contributed by atoms with Gasteiger partial charge in [0.25, 0.3) is 0 Å². The number of benzene rings is 1. The molecule has 2 saturated carbocycles. The van der Waals surface area contributed by atoms with Gasteiger partial charge in [-0.2, -0.15) is 0 Å². The van der Waals surface area contributed by atoms with Crippen LogP contribution in [-0.2, 0) is 16.1 Å². The molecule has 2 aliphatic carbocycles. The number of ether oxygens (including phenoxy) is 1. The topological polar surface area (TPSA) is 48.3 Å². The van der Waals surface area contributed by atoms with E-state index in [1.807, 2.05) is 24.5 Å². The van der Waals surface area contributed by atoms with E-state index in [0.29, 0.717) is 30.4 Å². The highest BCUT2D eigenvalue weighted by molar-refractivity contribution is 5.99. The molecule has 0 aliphatic heterocycles. The van der Waals surface area contributed by atoms with E-state index in [9.17, 15) is 14.0 Å². The smallest absolute Gasteiger partial charge is 0.306 e. The summed E-state index contributed by atoms with van der Waals surface area (Å²) >= 11 is 0. The minimum Gasteiger partial charge on any atom is -0.457 e. The molecule has 2 fully saturated rings. The second-order valence-corrected chi connectivity index (χ2v) is 8.72. The number of carbonyl (C=O) groups is 2. The average molecular weight is 397 g/mol. The highest BCUT2D eigenvalue weighted by Crippen LogP contribution is 2.49. The van der Waals surface area contributed by atoms with E-state index in [1.54, 1.807) is 12.1 Å². The molecule has 3 atom stereocenters. The Morgan fingerprint density at radius 2 is 1.90 bits per heavy atom. The maximum atomic E-state index is 13.1. The molecule has 154 valence electrons. The Hall–Kier alpha value is -2.43. The number of hydrogen-bond donors (Lipinski definition) is 0. The van der Waals surface area contributed by atoms with Gasteiger partial charge in [0.15, 0.2) is 6.61 Å². The van der Waals surface area contributed by atoms with Crippen molar-refractivity contribution in [2.45, 2.75) is 52.5 Å². The lowest BCUT2D eigenvalue weighted by atomic mass is 9.86. The van der Waals surface area contributed by atoms with Gasteiger partial charge in [0.1, 0.15) is 5.82 Å². The molecule has 0 amide bonds. The van der Waals surface area contributed by atoms with E-state index in [2.05, 4.69) is 0 Å². The third-order valence-corrected chi connectivity index (χ3v) is 6.81. The summed E-state index contributed by atoms with van der Waals surface area (Å²) in [6.45, 7) is 4.19. The van der Waals surface area contributed by atoms with Crippen LogP contribution in [0.5, 0.6) is 0 Å². The second kappa shape index (κ2) is 8.13. The highest BCUT2D eigenvalue weighted by Gasteiger charge is 2.40. The SMILES string of the molecule is Cc1cc(C(=O)COC(=O)C[C@@H]2C[C@H]3CC[C@@H]2C3)c(C)n1Cc1ccc(F)cc1. The molecule has 0 unspecified atom stereocenters. The van der Waals surface area contributed by atoms with Crippen LogP contribution in [0.25, 0.3) is 0 Å². The second-order valence-electron chi connectivity index (χ2n) is 8.72. The van der Waals surface area contributed by atoms with E-state index in [0.717, 1.165) is 29.3 Å². The Morgan fingerprint density at radius 3 is 2.55 bits per heavy atom. The first-order chi connectivity index (χ1) is 13.9. The monoisotopic (exact) mass is 397 g/mol. The van der Waals surface area contributed by atoms with Gasteiger partial charge in [0.2, 0.25) is 5.78 Å². The Balaban J connectivity index is 1.34. The summed E-state index contributed by atoms with van der Waals surface area (Å²) in [7, 11) is 0. The molecule has 1 heterocycles. The average Bonchev–Trinajstić information content (AvgIpc) is 3.38. The van der Waals surface area contributed by atoms with Crippen LogP contribution in [0.2, 0.25) is 0 Å². The number of esters is 1. The van der Waals surface area contributed by atoms with Gasteiger partial charge in [-0.25, -0.2) is 4.39 Å². The van der Waals surface area contributed by atoms with E-state index in [1.165, 1.54) is 31.4 Å². The number of nitrogens with zero attached hydrogens (tertiary/aromatic N) is 1. The fraction of sp³-hybridized carbons (Fsp3) is 0.500. The molecule has 1 aromatic carbocycles. The number of Topliss-reactive ketones (excluding diaryl/α,β-unsaturated/α-hetero) is 1. The Morgan fingerprint density at radius 1 is 1.14 bits per heavy atom. The fourth-order valence-electron chi connectivity index (χ4n) is 5.22. The molecule has 2 bridgehead atoms. The van der Waals surface area contributed by atoms with Gasteiger partial charge in [-0.15, -0.1) is 0 Å². The third-order valence-electron chi connectivity index (χ3n) is 6.81. The van der Waals surface area contributed by atoms with Crippen molar-refractivity contribution in [3.05, 3.63) is 58.7 Å². The van der Waals surface area contributed by atoms with Gasteiger partial charge >= 0.3 is 5.97 Å². The van der Waals surface area contributed by atoms with E-state index in [4.69, 9.17) is 4.74 Å². The molecule has 29 heavy (non-hydrogen) atoms. The maximum Gasteiger partial charge on any atom is 0.306 e. The number of aromatic nitrogens is 1. The summed E-state index contributed by atoms with van der Waals surface area (Å²) < 4.78 is 20.5. The van der Waals surface area contributed by atoms with Crippen molar-refractivity contribution in [3.8, 4) is 0 Å². The predicted octanol–water partition coefficient (Wildman–Crippen LogP) is 4.84. The number of fused-ring (bicyclic) bond motifs is 2. The zero-order valence-electron chi connectivity index (χ0n) is 17.1. The summed E-state index contributed by atoms with van der Waals surface area (Å²) in [6.07, 6.45) is 5.39. The first-order valence-corrected chi connectivity index (χ1v) is 10.5. The van der Waals surface area contributed by atoms with Gasteiger partial charge in [0.05, 0.1) is 0 Å². The Labute approximate surface area is 171 Å². The lowest BCUT2D eigenvalue weighted by molar-refractivity contribution is -0.144. The molecule has 0 saturated heterocycles. The molecule has 1 aromatic heterocycles. The number of halogens is 1. The van der Waals surface area contributed by atoms with Crippen molar-refractivity contribution in [2.75, 3.05) is 6.61 Å². The van der Waals surface area contributed by atoms with Crippen molar-refractivity contribution in [2.24, 2.45) is 17.8 Å². The van der Waals surface area contributed by atoms with Crippen LogP contribution in [0.4, 0.5) is 4.39 Å². The molecular formula is C24H28FNO3. The van der Waals surface area contributed by atoms with Crippen LogP contribution < -0.4 is 0 Å².